The van der Waals surface area contributed by atoms with Crippen LogP contribution in [0.15, 0.2) is 24.3 Å². The summed E-state index contributed by atoms with van der Waals surface area (Å²) in [5, 5.41) is 2.72. The minimum Gasteiger partial charge on any atom is -0.325 e. The van der Waals surface area contributed by atoms with Crippen molar-refractivity contribution in [3.05, 3.63) is 29.8 Å². The topological polar surface area (TPSA) is 46.2 Å². The maximum atomic E-state index is 11.3. The number of hydrogen-bond donors (Lipinski definition) is 1. The average molecular weight is 317 g/mol. The molecule has 0 aromatic heterocycles. The van der Waals surface area contributed by atoms with Gasteiger partial charge in [0, 0.05) is 17.7 Å². The third-order valence-electron chi connectivity index (χ3n) is 1.93. The third kappa shape index (κ3) is 3.62. The fourth-order valence-electron chi connectivity index (χ4n) is 1.14. The minimum absolute atomic E-state index is 0.0369. The van der Waals surface area contributed by atoms with Crippen molar-refractivity contribution in [2.24, 2.45) is 0 Å². The molecule has 1 aromatic rings. The van der Waals surface area contributed by atoms with Crippen molar-refractivity contribution >= 4 is 40.0 Å². The summed E-state index contributed by atoms with van der Waals surface area (Å²) in [7, 11) is 0. The summed E-state index contributed by atoms with van der Waals surface area (Å²) in [6.45, 7) is 1.83. The molecule has 0 radical (unpaired) electrons. The Morgan fingerprint density at radius 1 is 1.27 bits per heavy atom. The van der Waals surface area contributed by atoms with E-state index in [1.807, 2.05) is 29.5 Å². The standard InChI is InChI=1S/C11H12INO2/c1-2-10(14)8-3-5-9(6-4-8)13-11(15)7-12/h3-6H,2,7H2,1H3,(H,13,15). The molecule has 0 unspecified atom stereocenters. The molecule has 0 aliphatic rings. The Balaban J connectivity index is 2.72. The summed E-state index contributed by atoms with van der Waals surface area (Å²) >= 11 is 2.00. The lowest BCUT2D eigenvalue weighted by Crippen LogP contribution is -2.12. The summed E-state index contributed by atoms with van der Waals surface area (Å²) < 4.78 is 0.424. The van der Waals surface area contributed by atoms with Crippen molar-refractivity contribution in [1.29, 1.82) is 0 Å². The van der Waals surface area contributed by atoms with E-state index in [9.17, 15) is 9.59 Å². The summed E-state index contributed by atoms with van der Waals surface area (Å²) in [5.74, 6) is 0.0759. The molecule has 4 heteroatoms. The van der Waals surface area contributed by atoms with Crippen LogP contribution in [0.1, 0.15) is 23.7 Å². The third-order valence-corrected chi connectivity index (χ3v) is 2.63. The number of benzene rings is 1. The molecule has 80 valence electrons. The molecule has 0 bridgehead atoms. The highest BCUT2D eigenvalue weighted by Gasteiger charge is 2.03. The van der Waals surface area contributed by atoms with Crippen molar-refractivity contribution in [2.45, 2.75) is 13.3 Å². The van der Waals surface area contributed by atoms with Crippen molar-refractivity contribution < 1.29 is 9.59 Å². The molecule has 0 atom stereocenters. The first kappa shape index (κ1) is 12.2. The molecule has 0 aliphatic carbocycles. The van der Waals surface area contributed by atoms with Crippen molar-refractivity contribution in [3.63, 3.8) is 0 Å². The number of ketones is 1. The summed E-state index contributed by atoms with van der Waals surface area (Å²) in [5.41, 5.74) is 1.41. The van der Waals surface area contributed by atoms with Crippen LogP contribution in [0.3, 0.4) is 0 Å². The van der Waals surface area contributed by atoms with E-state index in [0.29, 0.717) is 16.4 Å². The van der Waals surface area contributed by atoms with Gasteiger partial charge in [-0.25, -0.2) is 0 Å². The van der Waals surface area contributed by atoms with Gasteiger partial charge in [0.1, 0.15) is 0 Å². The Labute approximate surface area is 102 Å². The van der Waals surface area contributed by atoms with Crippen LogP contribution in [0, 0.1) is 0 Å². The Hall–Kier alpha value is -0.910. The molecule has 1 N–H and O–H groups in total. The smallest absolute Gasteiger partial charge is 0.234 e. The number of alkyl halides is 1. The van der Waals surface area contributed by atoms with Gasteiger partial charge in [0.05, 0.1) is 4.43 Å². The quantitative estimate of drug-likeness (QED) is 0.527. The number of amides is 1. The SMILES string of the molecule is CCC(=O)c1ccc(NC(=O)CI)cc1. The van der Waals surface area contributed by atoms with E-state index in [4.69, 9.17) is 0 Å². The van der Waals surface area contributed by atoms with Crippen LogP contribution in [0.5, 0.6) is 0 Å². The molecule has 15 heavy (non-hydrogen) atoms. The highest BCUT2D eigenvalue weighted by Crippen LogP contribution is 2.11. The Morgan fingerprint density at radius 3 is 2.33 bits per heavy atom. The van der Waals surface area contributed by atoms with Crippen LogP contribution in [0.2, 0.25) is 0 Å². The largest absolute Gasteiger partial charge is 0.325 e. The van der Waals surface area contributed by atoms with E-state index in [1.165, 1.54) is 0 Å². The first-order valence-electron chi connectivity index (χ1n) is 4.66. The van der Waals surface area contributed by atoms with E-state index in [0.717, 1.165) is 5.69 Å². The first-order valence-corrected chi connectivity index (χ1v) is 6.19. The van der Waals surface area contributed by atoms with Crippen LogP contribution < -0.4 is 5.32 Å². The number of halogens is 1. The number of rotatable bonds is 4. The average Bonchev–Trinajstić information content (AvgIpc) is 2.29. The predicted molar refractivity (Wildman–Crippen MR) is 68.6 cm³/mol. The van der Waals surface area contributed by atoms with Gasteiger partial charge < -0.3 is 5.32 Å². The molecule has 3 nitrogen and oxygen atoms in total. The van der Waals surface area contributed by atoms with Crippen LogP contribution in [-0.4, -0.2) is 16.1 Å². The van der Waals surface area contributed by atoms with Gasteiger partial charge >= 0.3 is 0 Å². The lowest BCUT2D eigenvalue weighted by atomic mass is 10.1. The van der Waals surface area contributed by atoms with Gasteiger partial charge in [-0.3, -0.25) is 9.59 Å². The summed E-state index contributed by atoms with van der Waals surface area (Å²) in [6, 6.07) is 6.95. The van der Waals surface area contributed by atoms with Crippen molar-refractivity contribution in [2.75, 3.05) is 9.74 Å². The van der Waals surface area contributed by atoms with Gasteiger partial charge in [0.25, 0.3) is 0 Å². The summed E-state index contributed by atoms with van der Waals surface area (Å²) in [4.78, 5) is 22.4. The number of hydrogen-bond acceptors (Lipinski definition) is 2. The molecule has 0 spiro atoms. The van der Waals surface area contributed by atoms with Gasteiger partial charge in [0.2, 0.25) is 5.91 Å². The van der Waals surface area contributed by atoms with Gasteiger partial charge in [-0.15, -0.1) is 0 Å². The van der Waals surface area contributed by atoms with Gasteiger partial charge in [-0.05, 0) is 24.3 Å². The molecule has 1 aromatic carbocycles. The maximum Gasteiger partial charge on any atom is 0.234 e. The molecule has 0 fully saturated rings. The second-order valence-corrected chi connectivity index (χ2v) is 3.80. The molecule has 0 heterocycles. The second-order valence-electron chi connectivity index (χ2n) is 3.04. The van der Waals surface area contributed by atoms with Crippen LogP contribution >= 0.6 is 22.6 Å². The first-order chi connectivity index (χ1) is 7.17. The normalized spacial score (nSPS) is 9.73. The number of carbonyl (C=O) groups is 2. The van der Waals surface area contributed by atoms with E-state index in [1.54, 1.807) is 24.3 Å². The zero-order valence-electron chi connectivity index (χ0n) is 8.42. The zero-order chi connectivity index (χ0) is 11.3. The van der Waals surface area contributed by atoms with Crippen LogP contribution in [0.4, 0.5) is 5.69 Å². The molecule has 0 saturated carbocycles. The van der Waals surface area contributed by atoms with Gasteiger partial charge in [-0.2, -0.15) is 0 Å². The lowest BCUT2D eigenvalue weighted by Gasteiger charge is -2.03. The maximum absolute atomic E-state index is 11.3. The van der Waals surface area contributed by atoms with Crippen molar-refractivity contribution in [1.82, 2.24) is 0 Å². The second kappa shape index (κ2) is 5.85. The monoisotopic (exact) mass is 317 g/mol. The molecule has 1 amide bonds. The molecule has 1 rings (SSSR count). The lowest BCUT2D eigenvalue weighted by molar-refractivity contribution is -0.113. The fourth-order valence-corrected chi connectivity index (χ4v) is 1.33. The van der Waals surface area contributed by atoms with Crippen LogP contribution in [-0.2, 0) is 4.79 Å². The number of Topliss-reactive ketones (excluding diaryl/α,β-unsaturated/α-hetero) is 1. The number of nitrogens with one attached hydrogen (secondary N) is 1. The summed E-state index contributed by atoms with van der Waals surface area (Å²) in [6.07, 6.45) is 0.499. The Morgan fingerprint density at radius 2 is 1.87 bits per heavy atom. The Bertz CT molecular complexity index is 359. The van der Waals surface area contributed by atoms with Crippen LogP contribution in [0.25, 0.3) is 0 Å². The van der Waals surface area contributed by atoms with E-state index in [2.05, 4.69) is 5.32 Å². The van der Waals surface area contributed by atoms with Crippen molar-refractivity contribution in [3.8, 4) is 0 Å². The van der Waals surface area contributed by atoms with E-state index in [-0.39, 0.29) is 11.7 Å². The molecule has 0 aliphatic heterocycles. The molecule has 0 saturated heterocycles. The molecular formula is C11H12INO2. The van der Waals surface area contributed by atoms with E-state index < -0.39 is 0 Å². The number of anilines is 1. The highest BCUT2D eigenvalue weighted by molar-refractivity contribution is 14.1. The fraction of sp³-hybridized carbons (Fsp3) is 0.273. The minimum atomic E-state index is -0.0369. The molecular weight excluding hydrogens is 305 g/mol. The zero-order valence-corrected chi connectivity index (χ0v) is 10.6. The highest BCUT2D eigenvalue weighted by atomic mass is 127. The van der Waals surface area contributed by atoms with E-state index >= 15 is 0 Å². The predicted octanol–water partition coefficient (Wildman–Crippen LogP) is 2.65. The Kier molecular flexibility index (Phi) is 4.74. The number of carbonyl (C=O) groups excluding carboxylic acids is 2. The van der Waals surface area contributed by atoms with Gasteiger partial charge in [0.15, 0.2) is 5.78 Å². The van der Waals surface area contributed by atoms with Gasteiger partial charge in [-0.1, -0.05) is 29.5 Å².